The number of nitrogens with two attached hydrogens (primary N) is 1. The van der Waals surface area contributed by atoms with E-state index in [1.165, 1.54) is 4.31 Å². The normalized spacial score (nSPS) is 15.9. The van der Waals surface area contributed by atoms with Crippen LogP contribution in [0, 0.1) is 0 Å². The van der Waals surface area contributed by atoms with Crippen LogP contribution in [0.2, 0.25) is 0 Å². The van der Waals surface area contributed by atoms with Crippen molar-refractivity contribution in [1.29, 1.82) is 0 Å². The van der Waals surface area contributed by atoms with E-state index in [-0.39, 0.29) is 29.9 Å². The zero-order valence-electron chi connectivity index (χ0n) is 11.7. The molecule has 0 amide bonds. The SMILES string of the molecule is NC(=S)c1ccccc1CS(=O)(=O)N(CCO)C1CCC1. The first-order valence-corrected chi connectivity index (χ1v) is 8.95. The summed E-state index contributed by atoms with van der Waals surface area (Å²) in [5.41, 5.74) is 6.84. The molecule has 0 unspecified atom stereocenters. The molecule has 21 heavy (non-hydrogen) atoms. The van der Waals surface area contributed by atoms with Crippen LogP contribution in [-0.2, 0) is 15.8 Å². The fourth-order valence-corrected chi connectivity index (χ4v) is 4.52. The van der Waals surface area contributed by atoms with Crippen LogP contribution in [0.4, 0.5) is 0 Å². The van der Waals surface area contributed by atoms with Crippen LogP contribution in [0.5, 0.6) is 0 Å². The van der Waals surface area contributed by atoms with E-state index in [9.17, 15) is 8.42 Å². The first-order valence-electron chi connectivity index (χ1n) is 6.94. The number of aliphatic hydroxyl groups excluding tert-OH is 1. The zero-order chi connectivity index (χ0) is 15.5. The first-order chi connectivity index (χ1) is 9.95. The number of rotatable bonds is 7. The Morgan fingerprint density at radius 2 is 2.05 bits per heavy atom. The Bertz CT molecular complexity index is 612. The van der Waals surface area contributed by atoms with Crippen LogP contribution >= 0.6 is 12.2 Å². The molecule has 0 radical (unpaired) electrons. The van der Waals surface area contributed by atoms with Gasteiger partial charge in [-0.1, -0.05) is 42.9 Å². The Hall–Kier alpha value is -1.02. The van der Waals surface area contributed by atoms with Crippen molar-refractivity contribution in [3.8, 4) is 0 Å². The predicted octanol–water partition coefficient (Wildman–Crippen LogP) is 0.997. The van der Waals surface area contributed by atoms with Crippen molar-refractivity contribution < 1.29 is 13.5 Å². The van der Waals surface area contributed by atoms with Crippen LogP contribution in [0.25, 0.3) is 0 Å². The highest BCUT2D eigenvalue weighted by Gasteiger charge is 2.33. The van der Waals surface area contributed by atoms with Crippen LogP contribution in [-0.4, -0.2) is 42.0 Å². The van der Waals surface area contributed by atoms with Crippen molar-refractivity contribution in [3.05, 3.63) is 35.4 Å². The number of benzene rings is 1. The summed E-state index contributed by atoms with van der Waals surface area (Å²) in [4.78, 5) is 0.193. The van der Waals surface area contributed by atoms with Gasteiger partial charge in [-0.15, -0.1) is 0 Å². The minimum absolute atomic E-state index is 0.0131. The largest absolute Gasteiger partial charge is 0.395 e. The van der Waals surface area contributed by atoms with Gasteiger partial charge in [0.25, 0.3) is 0 Å². The molecule has 0 aromatic heterocycles. The van der Waals surface area contributed by atoms with E-state index in [0.29, 0.717) is 11.1 Å². The van der Waals surface area contributed by atoms with Gasteiger partial charge in [-0.25, -0.2) is 8.42 Å². The summed E-state index contributed by atoms with van der Waals surface area (Å²) in [5, 5.41) is 9.13. The van der Waals surface area contributed by atoms with Crippen LogP contribution < -0.4 is 5.73 Å². The average Bonchev–Trinajstić information content (AvgIpc) is 2.36. The number of sulfonamides is 1. The second kappa shape index (κ2) is 6.83. The van der Waals surface area contributed by atoms with Crippen molar-refractivity contribution in [1.82, 2.24) is 4.31 Å². The van der Waals surface area contributed by atoms with Crippen LogP contribution in [0.3, 0.4) is 0 Å². The lowest BCUT2D eigenvalue weighted by Crippen LogP contribution is -2.46. The fourth-order valence-electron chi connectivity index (χ4n) is 2.49. The number of hydrogen-bond donors (Lipinski definition) is 2. The maximum absolute atomic E-state index is 12.6. The van der Waals surface area contributed by atoms with Gasteiger partial charge in [0.1, 0.15) is 4.99 Å². The van der Waals surface area contributed by atoms with Gasteiger partial charge in [0.15, 0.2) is 0 Å². The second-order valence-corrected chi connectivity index (χ2v) is 7.56. The summed E-state index contributed by atoms with van der Waals surface area (Å²) < 4.78 is 26.7. The highest BCUT2D eigenvalue weighted by Crippen LogP contribution is 2.28. The van der Waals surface area contributed by atoms with Crippen molar-refractivity contribution in [2.75, 3.05) is 13.2 Å². The third-order valence-corrected chi connectivity index (χ3v) is 5.87. The van der Waals surface area contributed by atoms with E-state index in [1.807, 2.05) is 0 Å². The number of hydrogen-bond acceptors (Lipinski definition) is 4. The van der Waals surface area contributed by atoms with Gasteiger partial charge >= 0.3 is 0 Å². The van der Waals surface area contributed by atoms with Gasteiger partial charge in [0.2, 0.25) is 10.0 Å². The molecule has 0 spiro atoms. The average molecular weight is 328 g/mol. The quantitative estimate of drug-likeness (QED) is 0.730. The van der Waals surface area contributed by atoms with Gasteiger partial charge < -0.3 is 10.8 Å². The molecule has 7 heteroatoms. The van der Waals surface area contributed by atoms with Gasteiger partial charge in [0, 0.05) is 18.2 Å². The molecule has 1 aliphatic rings. The number of aliphatic hydroxyl groups is 1. The lowest BCUT2D eigenvalue weighted by Gasteiger charge is -2.36. The number of nitrogens with zero attached hydrogens (tertiary/aromatic N) is 1. The van der Waals surface area contributed by atoms with Gasteiger partial charge in [-0.2, -0.15) is 4.31 Å². The van der Waals surface area contributed by atoms with Gasteiger partial charge in [0.05, 0.1) is 12.4 Å². The van der Waals surface area contributed by atoms with E-state index >= 15 is 0 Å². The third-order valence-electron chi connectivity index (χ3n) is 3.78. The summed E-state index contributed by atoms with van der Waals surface area (Å²) in [6, 6.07) is 7.02. The van der Waals surface area contributed by atoms with E-state index in [1.54, 1.807) is 24.3 Å². The van der Waals surface area contributed by atoms with E-state index in [4.69, 9.17) is 23.1 Å². The van der Waals surface area contributed by atoms with E-state index in [2.05, 4.69) is 0 Å². The van der Waals surface area contributed by atoms with Crippen molar-refractivity contribution >= 4 is 27.2 Å². The molecule has 0 aliphatic heterocycles. The molecular formula is C14H20N2O3S2. The smallest absolute Gasteiger partial charge is 0.218 e. The maximum Gasteiger partial charge on any atom is 0.218 e. The Labute approximate surface area is 130 Å². The Balaban J connectivity index is 2.25. The Morgan fingerprint density at radius 3 is 2.57 bits per heavy atom. The van der Waals surface area contributed by atoms with Crippen LogP contribution in [0.15, 0.2) is 24.3 Å². The molecule has 1 fully saturated rings. The molecule has 2 rings (SSSR count). The Kier molecular flexibility index (Phi) is 5.32. The van der Waals surface area contributed by atoms with Crippen LogP contribution in [0.1, 0.15) is 30.4 Å². The minimum atomic E-state index is -3.50. The fraction of sp³-hybridized carbons (Fsp3) is 0.500. The molecule has 3 N–H and O–H groups in total. The standard InChI is InChI=1S/C14H20N2O3S2/c15-14(20)13-7-2-1-4-11(13)10-21(18,19)16(8-9-17)12-5-3-6-12/h1-2,4,7,12,17H,3,5-6,8-10H2,(H2,15,20). The molecule has 0 bridgehead atoms. The Morgan fingerprint density at radius 1 is 1.38 bits per heavy atom. The molecule has 0 heterocycles. The van der Waals surface area contributed by atoms with Gasteiger partial charge in [-0.05, 0) is 18.4 Å². The minimum Gasteiger partial charge on any atom is -0.395 e. The molecule has 1 aliphatic carbocycles. The summed E-state index contributed by atoms with van der Waals surface area (Å²) in [7, 11) is -3.50. The summed E-state index contributed by atoms with van der Waals surface area (Å²) in [5.74, 6) is -0.142. The highest BCUT2D eigenvalue weighted by molar-refractivity contribution is 7.88. The molecular weight excluding hydrogens is 308 g/mol. The molecule has 116 valence electrons. The number of thiocarbonyl (C=S) groups is 1. The second-order valence-electron chi connectivity index (χ2n) is 5.20. The zero-order valence-corrected chi connectivity index (χ0v) is 13.4. The van der Waals surface area contributed by atoms with E-state index in [0.717, 1.165) is 19.3 Å². The molecule has 5 nitrogen and oxygen atoms in total. The third kappa shape index (κ3) is 3.79. The van der Waals surface area contributed by atoms with Crippen molar-refractivity contribution in [2.45, 2.75) is 31.1 Å². The lowest BCUT2D eigenvalue weighted by atomic mass is 9.93. The maximum atomic E-state index is 12.6. The topological polar surface area (TPSA) is 83.6 Å². The molecule has 1 saturated carbocycles. The summed E-state index contributed by atoms with van der Waals surface area (Å²) in [6.07, 6.45) is 2.75. The molecule has 0 saturated heterocycles. The molecule has 0 atom stereocenters. The lowest BCUT2D eigenvalue weighted by molar-refractivity contribution is 0.178. The van der Waals surface area contributed by atoms with E-state index < -0.39 is 10.0 Å². The van der Waals surface area contributed by atoms with Gasteiger partial charge in [-0.3, -0.25) is 0 Å². The molecule has 1 aromatic carbocycles. The van der Waals surface area contributed by atoms with Crippen molar-refractivity contribution in [3.63, 3.8) is 0 Å². The monoisotopic (exact) mass is 328 g/mol. The van der Waals surface area contributed by atoms with Crippen molar-refractivity contribution in [2.24, 2.45) is 5.73 Å². The summed E-state index contributed by atoms with van der Waals surface area (Å²) in [6.45, 7) is -0.0328. The first kappa shape index (κ1) is 16.4. The molecule has 1 aromatic rings. The predicted molar refractivity (Wildman–Crippen MR) is 86.4 cm³/mol. The summed E-state index contributed by atoms with van der Waals surface area (Å²) >= 11 is 4.97. The highest BCUT2D eigenvalue weighted by atomic mass is 32.2.